The van der Waals surface area contributed by atoms with Crippen molar-refractivity contribution in [3.05, 3.63) is 46.1 Å². The number of primary amides is 1. The highest BCUT2D eigenvalue weighted by molar-refractivity contribution is 9.10. The van der Waals surface area contributed by atoms with Crippen LogP contribution in [0.1, 0.15) is 24.0 Å². The maximum Gasteiger partial charge on any atom is 0.234 e. The fourth-order valence-corrected chi connectivity index (χ4v) is 4.68. The molecule has 2 aromatic rings. The number of anilines is 2. The minimum atomic E-state index is -0.257. The molecule has 29 heavy (non-hydrogen) atoms. The Labute approximate surface area is 183 Å². The van der Waals surface area contributed by atoms with Gasteiger partial charge in [0.2, 0.25) is 11.8 Å². The van der Waals surface area contributed by atoms with Gasteiger partial charge in [-0.3, -0.25) is 9.59 Å². The number of aryl methyl sites for hydroxylation is 2. The minimum Gasteiger partial charge on any atom is -0.369 e. The first-order valence-electron chi connectivity index (χ1n) is 9.53. The normalized spacial score (nSPS) is 16.5. The van der Waals surface area contributed by atoms with Crippen LogP contribution in [0.15, 0.2) is 39.8 Å². The Bertz CT molecular complexity index is 904. The molecule has 6 nitrogen and oxygen atoms in total. The van der Waals surface area contributed by atoms with Crippen molar-refractivity contribution < 1.29 is 9.59 Å². The number of carbonyl (C=O) groups excluding carboxylic acids is 2. The molecule has 3 rings (SSSR count). The smallest absolute Gasteiger partial charge is 0.234 e. The molecule has 8 heteroatoms. The number of rotatable bonds is 6. The Morgan fingerprint density at radius 3 is 2.79 bits per heavy atom. The summed E-state index contributed by atoms with van der Waals surface area (Å²) >= 11 is 5.05. The zero-order valence-electron chi connectivity index (χ0n) is 16.6. The van der Waals surface area contributed by atoms with E-state index < -0.39 is 0 Å². The van der Waals surface area contributed by atoms with E-state index in [1.807, 2.05) is 26.0 Å². The summed E-state index contributed by atoms with van der Waals surface area (Å²) in [6, 6.07) is 7.87. The van der Waals surface area contributed by atoms with Gasteiger partial charge in [-0.25, -0.2) is 4.98 Å². The van der Waals surface area contributed by atoms with Gasteiger partial charge in [-0.15, -0.1) is 11.8 Å². The molecule has 1 fully saturated rings. The Balaban J connectivity index is 1.55. The third kappa shape index (κ3) is 5.73. The maximum absolute atomic E-state index is 12.3. The molecule has 1 saturated heterocycles. The van der Waals surface area contributed by atoms with Crippen LogP contribution in [-0.2, 0) is 9.59 Å². The van der Waals surface area contributed by atoms with Crippen molar-refractivity contribution in [2.24, 2.45) is 11.7 Å². The number of piperidine rings is 1. The van der Waals surface area contributed by atoms with Crippen molar-refractivity contribution in [2.75, 3.05) is 29.1 Å². The number of aromatic nitrogens is 1. The molecule has 0 bridgehead atoms. The minimum absolute atomic E-state index is 0.0729. The molecule has 1 atom stereocenters. The summed E-state index contributed by atoms with van der Waals surface area (Å²) in [4.78, 5) is 31.4. The van der Waals surface area contributed by atoms with Gasteiger partial charge in [0.15, 0.2) is 0 Å². The van der Waals surface area contributed by atoms with Crippen LogP contribution in [0, 0.1) is 19.8 Å². The van der Waals surface area contributed by atoms with E-state index in [0.29, 0.717) is 18.0 Å². The summed E-state index contributed by atoms with van der Waals surface area (Å²) in [6.45, 7) is 5.52. The van der Waals surface area contributed by atoms with Gasteiger partial charge in [-0.1, -0.05) is 15.9 Å². The summed E-state index contributed by atoms with van der Waals surface area (Å²) in [5.41, 5.74) is 8.39. The molecule has 1 aliphatic heterocycles. The van der Waals surface area contributed by atoms with E-state index in [2.05, 4.69) is 43.3 Å². The third-order valence-corrected chi connectivity index (χ3v) is 7.01. The first-order chi connectivity index (χ1) is 13.8. The van der Waals surface area contributed by atoms with E-state index in [-0.39, 0.29) is 17.7 Å². The van der Waals surface area contributed by atoms with E-state index in [1.54, 1.807) is 6.20 Å². The summed E-state index contributed by atoms with van der Waals surface area (Å²) in [5, 5.41) is 2.89. The SMILES string of the molecule is Cc1cc(SCC(=O)Nc2ccc(N3CCCC(C(N)=O)C3)nc2)c(C)cc1Br. The summed E-state index contributed by atoms with van der Waals surface area (Å²) < 4.78 is 1.07. The monoisotopic (exact) mass is 476 g/mol. The lowest BCUT2D eigenvalue weighted by molar-refractivity contribution is -0.122. The number of nitrogens with one attached hydrogen (secondary N) is 1. The van der Waals surface area contributed by atoms with Crippen LogP contribution in [0.25, 0.3) is 0 Å². The molecule has 2 heterocycles. The molecule has 0 radical (unpaired) electrons. The predicted molar refractivity (Wildman–Crippen MR) is 121 cm³/mol. The molecule has 2 amide bonds. The van der Waals surface area contributed by atoms with Crippen molar-refractivity contribution in [2.45, 2.75) is 31.6 Å². The molecular weight excluding hydrogens is 452 g/mol. The lowest BCUT2D eigenvalue weighted by Crippen LogP contribution is -2.41. The van der Waals surface area contributed by atoms with Gasteiger partial charge >= 0.3 is 0 Å². The second-order valence-corrected chi connectivity index (χ2v) is 9.17. The number of amides is 2. The largest absolute Gasteiger partial charge is 0.369 e. The molecule has 1 aliphatic rings. The second kappa shape index (κ2) is 9.63. The standard InChI is InChI=1S/C21H25BrN4O2S/c1-13-9-18(14(2)8-17(13)22)29-12-20(27)25-16-5-6-19(24-10-16)26-7-3-4-15(11-26)21(23)28/h5-6,8-10,15H,3-4,7,11-12H2,1-2H3,(H2,23,28)(H,25,27). The van der Waals surface area contributed by atoms with Gasteiger partial charge in [-0.05, 0) is 62.1 Å². The number of nitrogens with zero attached hydrogens (tertiary/aromatic N) is 2. The summed E-state index contributed by atoms with van der Waals surface area (Å²) in [6.07, 6.45) is 3.40. The van der Waals surface area contributed by atoms with Crippen LogP contribution >= 0.6 is 27.7 Å². The molecule has 1 aromatic carbocycles. The molecule has 0 saturated carbocycles. The summed E-state index contributed by atoms with van der Waals surface area (Å²) in [7, 11) is 0. The van der Waals surface area contributed by atoms with Gasteiger partial charge in [0, 0.05) is 22.5 Å². The molecule has 3 N–H and O–H groups in total. The topological polar surface area (TPSA) is 88.3 Å². The third-order valence-electron chi connectivity index (χ3n) is 4.99. The molecule has 0 spiro atoms. The fourth-order valence-electron chi connectivity index (χ4n) is 3.31. The quantitative estimate of drug-likeness (QED) is 0.617. The van der Waals surface area contributed by atoms with Crippen molar-refractivity contribution in [1.29, 1.82) is 0 Å². The average molecular weight is 477 g/mol. The zero-order chi connectivity index (χ0) is 21.0. The highest BCUT2D eigenvalue weighted by Crippen LogP contribution is 2.28. The summed E-state index contributed by atoms with van der Waals surface area (Å²) in [5.74, 6) is 0.663. The molecule has 1 aromatic heterocycles. The molecular formula is C21H25BrN4O2S. The van der Waals surface area contributed by atoms with Crippen LogP contribution in [0.2, 0.25) is 0 Å². The van der Waals surface area contributed by atoms with Gasteiger partial charge in [0.25, 0.3) is 0 Å². The van der Waals surface area contributed by atoms with Gasteiger partial charge < -0.3 is 16.0 Å². The van der Waals surface area contributed by atoms with E-state index in [1.165, 1.54) is 11.8 Å². The van der Waals surface area contributed by atoms with Gasteiger partial charge in [-0.2, -0.15) is 0 Å². The lowest BCUT2D eigenvalue weighted by atomic mass is 9.97. The lowest BCUT2D eigenvalue weighted by Gasteiger charge is -2.32. The molecule has 0 aliphatic carbocycles. The Morgan fingerprint density at radius 1 is 1.31 bits per heavy atom. The van der Waals surface area contributed by atoms with Crippen LogP contribution in [0.3, 0.4) is 0 Å². The van der Waals surface area contributed by atoms with E-state index >= 15 is 0 Å². The van der Waals surface area contributed by atoms with Crippen molar-refractivity contribution >= 4 is 51.0 Å². The van der Waals surface area contributed by atoms with Crippen LogP contribution in [0.4, 0.5) is 11.5 Å². The van der Waals surface area contributed by atoms with Crippen molar-refractivity contribution in [3.8, 4) is 0 Å². The first-order valence-corrected chi connectivity index (χ1v) is 11.3. The van der Waals surface area contributed by atoms with Crippen molar-refractivity contribution in [3.63, 3.8) is 0 Å². The van der Waals surface area contributed by atoms with Crippen LogP contribution < -0.4 is 16.0 Å². The number of thioether (sulfide) groups is 1. The van der Waals surface area contributed by atoms with E-state index in [0.717, 1.165) is 45.7 Å². The molecule has 154 valence electrons. The molecule has 1 unspecified atom stereocenters. The second-order valence-electron chi connectivity index (χ2n) is 7.30. The van der Waals surface area contributed by atoms with Crippen LogP contribution in [0.5, 0.6) is 0 Å². The first kappa shape index (κ1) is 21.6. The number of nitrogens with two attached hydrogens (primary N) is 1. The Kier molecular flexibility index (Phi) is 7.18. The maximum atomic E-state index is 12.3. The highest BCUT2D eigenvalue weighted by atomic mass is 79.9. The highest BCUT2D eigenvalue weighted by Gasteiger charge is 2.24. The van der Waals surface area contributed by atoms with Crippen molar-refractivity contribution in [1.82, 2.24) is 4.98 Å². The number of benzene rings is 1. The number of carbonyl (C=O) groups is 2. The fraction of sp³-hybridized carbons (Fsp3) is 0.381. The number of halogens is 1. The number of hydrogen-bond acceptors (Lipinski definition) is 5. The van der Waals surface area contributed by atoms with Gasteiger partial charge in [0.1, 0.15) is 5.82 Å². The van der Waals surface area contributed by atoms with Gasteiger partial charge in [0.05, 0.1) is 23.6 Å². The predicted octanol–water partition coefficient (Wildman–Crippen LogP) is 3.89. The van der Waals surface area contributed by atoms with E-state index in [4.69, 9.17) is 5.73 Å². The Hall–Kier alpha value is -2.06. The van der Waals surface area contributed by atoms with E-state index in [9.17, 15) is 9.59 Å². The number of pyridine rings is 1. The van der Waals surface area contributed by atoms with Crippen LogP contribution in [-0.4, -0.2) is 35.6 Å². The number of hydrogen-bond donors (Lipinski definition) is 2. The Morgan fingerprint density at radius 2 is 2.10 bits per heavy atom. The zero-order valence-corrected chi connectivity index (χ0v) is 19.0. The average Bonchev–Trinajstić information content (AvgIpc) is 2.70.